The molecule has 0 spiro atoms. The van der Waals surface area contributed by atoms with Crippen molar-refractivity contribution in [3.63, 3.8) is 0 Å². The van der Waals surface area contributed by atoms with Crippen LogP contribution >= 0.6 is 11.8 Å². The molecular formula is C23H24N4OS. The maximum atomic E-state index is 12.9. The van der Waals surface area contributed by atoms with Crippen molar-refractivity contribution in [2.75, 3.05) is 5.32 Å². The molecule has 1 amide bonds. The lowest BCUT2D eigenvalue weighted by molar-refractivity contribution is -0.115. The molecule has 1 N–H and O–H groups in total. The van der Waals surface area contributed by atoms with E-state index in [1.165, 1.54) is 23.3 Å². The quantitative estimate of drug-likeness (QED) is 0.691. The van der Waals surface area contributed by atoms with Crippen LogP contribution in [0, 0.1) is 6.92 Å². The van der Waals surface area contributed by atoms with Crippen molar-refractivity contribution < 1.29 is 4.79 Å². The molecule has 148 valence electrons. The molecule has 0 radical (unpaired) electrons. The van der Waals surface area contributed by atoms with Crippen LogP contribution < -0.4 is 5.32 Å². The van der Waals surface area contributed by atoms with E-state index in [-0.39, 0.29) is 11.2 Å². The first kappa shape index (κ1) is 18.4. The smallest absolute Gasteiger partial charge is 0.238 e. The van der Waals surface area contributed by atoms with Crippen molar-refractivity contribution in [1.29, 1.82) is 0 Å². The van der Waals surface area contributed by atoms with Gasteiger partial charge in [0, 0.05) is 29.1 Å². The van der Waals surface area contributed by atoms with Crippen molar-refractivity contribution >= 4 is 23.4 Å². The van der Waals surface area contributed by atoms with Gasteiger partial charge < -0.3 is 9.88 Å². The molecule has 1 atom stereocenters. The summed E-state index contributed by atoms with van der Waals surface area (Å²) in [5.41, 5.74) is 4.18. The number of anilines is 1. The molecule has 0 aliphatic carbocycles. The van der Waals surface area contributed by atoms with Crippen molar-refractivity contribution in [2.45, 2.75) is 55.7 Å². The van der Waals surface area contributed by atoms with Crippen LogP contribution in [0.2, 0.25) is 0 Å². The molecule has 0 unspecified atom stereocenters. The number of hydrogen-bond acceptors (Lipinski definition) is 4. The average Bonchev–Trinajstić information content (AvgIpc) is 3.27. The van der Waals surface area contributed by atoms with E-state index in [2.05, 4.69) is 44.3 Å². The van der Waals surface area contributed by atoms with Gasteiger partial charge in [-0.15, -0.1) is 22.0 Å². The summed E-state index contributed by atoms with van der Waals surface area (Å²) in [7, 11) is 0. The number of rotatable bonds is 3. The van der Waals surface area contributed by atoms with Crippen LogP contribution in [0.5, 0.6) is 0 Å². The second-order valence-corrected chi connectivity index (χ2v) is 9.08. The van der Waals surface area contributed by atoms with Gasteiger partial charge in [-0.3, -0.25) is 4.79 Å². The van der Waals surface area contributed by atoms with Gasteiger partial charge in [0.2, 0.25) is 5.91 Å². The Balaban J connectivity index is 1.38. The van der Waals surface area contributed by atoms with Gasteiger partial charge in [0.25, 0.3) is 0 Å². The predicted octanol–water partition coefficient (Wildman–Crippen LogP) is 4.64. The minimum absolute atomic E-state index is 0.0616. The summed E-state index contributed by atoms with van der Waals surface area (Å²) in [5, 5.41) is 12.0. The van der Waals surface area contributed by atoms with Crippen molar-refractivity contribution in [2.24, 2.45) is 0 Å². The number of nitrogens with zero attached hydrogens (tertiary/aromatic N) is 3. The van der Waals surface area contributed by atoms with Crippen molar-refractivity contribution in [3.05, 3.63) is 59.4 Å². The molecule has 0 saturated carbocycles. The van der Waals surface area contributed by atoms with Crippen LogP contribution in [0.1, 0.15) is 36.2 Å². The molecule has 5 rings (SSSR count). The molecule has 1 aromatic heterocycles. The summed E-state index contributed by atoms with van der Waals surface area (Å²) in [6, 6.07) is 14.4. The number of aromatic nitrogens is 3. The molecule has 3 heterocycles. The number of benzene rings is 2. The van der Waals surface area contributed by atoms with Gasteiger partial charge in [0.05, 0.1) is 5.25 Å². The summed E-state index contributed by atoms with van der Waals surface area (Å²) < 4.78 is 2.24. The molecule has 0 fully saturated rings. The van der Waals surface area contributed by atoms with Crippen LogP contribution in [0.4, 0.5) is 5.69 Å². The number of carbonyl (C=O) groups excluding carboxylic acids is 1. The van der Waals surface area contributed by atoms with Gasteiger partial charge in [-0.25, -0.2) is 0 Å². The second kappa shape index (κ2) is 7.67. The highest BCUT2D eigenvalue weighted by molar-refractivity contribution is 8.01. The number of amides is 1. The van der Waals surface area contributed by atoms with E-state index < -0.39 is 0 Å². The molecule has 5 nitrogen and oxygen atoms in total. The average molecular weight is 405 g/mol. The topological polar surface area (TPSA) is 59.8 Å². The number of aryl methyl sites for hydroxylation is 2. The fourth-order valence-electron chi connectivity index (χ4n) is 4.14. The number of nitrogens with one attached hydrogen (secondary N) is 1. The third-order valence-electron chi connectivity index (χ3n) is 5.80. The Labute approximate surface area is 174 Å². The van der Waals surface area contributed by atoms with Gasteiger partial charge in [-0.1, -0.05) is 36.8 Å². The van der Waals surface area contributed by atoms with Crippen molar-refractivity contribution in [3.8, 4) is 11.4 Å². The molecule has 0 bridgehead atoms. The Morgan fingerprint density at radius 1 is 1.14 bits per heavy atom. The summed E-state index contributed by atoms with van der Waals surface area (Å²) in [4.78, 5) is 14.2. The van der Waals surface area contributed by atoms with Gasteiger partial charge in [0.1, 0.15) is 5.82 Å². The van der Waals surface area contributed by atoms with Crippen LogP contribution in [-0.4, -0.2) is 25.9 Å². The maximum absolute atomic E-state index is 12.9. The molecule has 3 aromatic rings. The van der Waals surface area contributed by atoms with Crippen LogP contribution in [-0.2, 0) is 24.2 Å². The lowest BCUT2D eigenvalue weighted by Gasteiger charge is -2.14. The Bertz CT molecular complexity index is 1050. The fraction of sp³-hybridized carbons (Fsp3) is 0.348. The van der Waals surface area contributed by atoms with Crippen LogP contribution in [0.3, 0.4) is 0 Å². The minimum Gasteiger partial charge on any atom is -0.325 e. The summed E-state index contributed by atoms with van der Waals surface area (Å²) >= 11 is 1.65. The Hall–Kier alpha value is -2.60. The van der Waals surface area contributed by atoms with Gasteiger partial charge in [0.15, 0.2) is 5.82 Å². The normalized spacial score (nSPS) is 18.0. The lowest BCUT2D eigenvalue weighted by Crippen LogP contribution is -2.25. The van der Waals surface area contributed by atoms with Gasteiger partial charge in [-0.05, 0) is 49.4 Å². The third kappa shape index (κ3) is 3.57. The van der Waals surface area contributed by atoms with Gasteiger partial charge in [-0.2, -0.15) is 0 Å². The number of thioether (sulfide) groups is 1. The molecule has 2 aliphatic heterocycles. The molecule has 6 heteroatoms. The molecule has 2 aliphatic rings. The SMILES string of the molecule is Cc1ccc(-c2nnc3n2CCCCC3)cc1NC(=O)[C@H]1Cc2ccccc2S1. The zero-order valence-electron chi connectivity index (χ0n) is 16.5. The highest BCUT2D eigenvalue weighted by Crippen LogP contribution is 2.37. The standard InChI is InChI=1S/C23H24N4OS/c1-15-10-11-17(22-26-25-21-9-3-2-6-12-27(21)22)13-18(15)24-23(28)20-14-16-7-4-5-8-19(16)29-20/h4-5,7-8,10-11,13,20H,2-3,6,9,12,14H2,1H3,(H,24,28)/t20-/m1/s1. The summed E-state index contributed by atoms with van der Waals surface area (Å²) in [6.07, 6.45) is 5.34. The highest BCUT2D eigenvalue weighted by atomic mass is 32.2. The Morgan fingerprint density at radius 2 is 2.03 bits per heavy atom. The van der Waals surface area contributed by atoms with Crippen molar-refractivity contribution in [1.82, 2.24) is 14.8 Å². The predicted molar refractivity (Wildman–Crippen MR) is 116 cm³/mol. The Kier molecular flexibility index (Phi) is 4.87. The number of fused-ring (bicyclic) bond motifs is 2. The van der Waals surface area contributed by atoms with E-state index in [9.17, 15) is 4.79 Å². The van der Waals surface area contributed by atoms with Crippen LogP contribution in [0.15, 0.2) is 47.4 Å². The first-order chi connectivity index (χ1) is 14.2. The van der Waals surface area contributed by atoms with E-state index in [4.69, 9.17) is 0 Å². The fourth-order valence-corrected chi connectivity index (χ4v) is 5.33. The monoisotopic (exact) mass is 404 g/mol. The third-order valence-corrected chi connectivity index (χ3v) is 7.12. The second-order valence-electron chi connectivity index (χ2n) is 7.84. The van der Waals surface area contributed by atoms with Crippen LogP contribution in [0.25, 0.3) is 11.4 Å². The molecular weight excluding hydrogens is 380 g/mol. The Morgan fingerprint density at radius 3 is 2.93 bits per heavy atom. The van der Waals surface area contributed by atoms with Gasteiger partial charge >= 0.3 is 0 Å². The largest absolute Gasteiger partial charge is 0.325 e. The first-order valence-corrected chi connectivity index (χ1v) is 11.2. The van der Waals surface area contributed by atoms with E-state index in [1.807, 2.05) is 25.1 Å². The summed E-state index contributed by atoms with van der Waals surface area (Å²) in [5.74, 6) is 2.04. The highest BCUT2D eigenvalue weighted by Gasteiger charge is 2.28. The van der Waals surface area contributed by atoms with E-state index in [1.54, 1.807) is 11.8 Å². The maximum Gasteiger partial charge on any atom is 0.238 e. The molecule has 29 heavy (non-hydrogen) atoms. The lowest BCUT2D eigenvalue weighted by atomic mass is 10.1. The van der Waals surface area contributed by atoms with E-state index in [0.717, 1.165) is 54.3 Å². The number of carbonyl (C=O) groups is 1. The summed E-state index contributed by atoms with van der Waals surface area (Å²) in [6.45, 7) is 2.99. The minimum atomic E-state index is -0.0835. The zero-order valence-corrected chi connectivity index (χ0v) is 17.3. The van der Waals surface area contributed by atoms with E-state index in [0.29, 0.717) is 0 Å². The first-order valence-electron chi connectivity index (χ1n) is 10.3. The number of hydrogen-bond donors (Lipinski definition) is 1. The molecule has 2 aromatic carbocycles. The zero-order chi connectivity index (χ0) is 19.8. The molecule has 0 saturated heterocycles. The van der Waals surface area contributed by atoms with E-state index >= 15 is 0 Å².